The van der Waals surface area contributed by atoms with E-state index in [1.54, 1.807) is 32.9 Å². The second kappa shape index (κ2) is 5.27. The first-order chi connectivity index (χ1) is 9.27. The van der Waals surface area contributed by atoms with E-state index in [4.69, 9.17) is 9.26 Å². The first-order valence-electron chi connectivity index (χ1n) is 6.51. The van der Waals surface area contributed by atoms with Gasteiger partial charge in [0, 0.05) is 0 Å². The number of benzene rings is 1. The number of hydrogen-bond acceptors (Lipinski definition) is 4. The van der Waals surface area contributed by atoms with E-state index in [0.29, 0.717) is 11.3 Å². The van der Waals surface area contributed by atoms with Gasteiger partial charge in [-0.15, -0.1) is 0 Å². The van der Waals surface area contributed by atoms with Gasteiger partial charge in [-0.2, -0.15) is 0 Å². The van der Waals surface area contributed by atoms with E-state index in [1.807, 2.05) is 13.0 Å². The molecule has 0 N–H and O–H groups in total. The van der Waals surface area contributed by atoms with E-state index < -0.39 is 17.6 Å². The standard InChI is InChI=1S/C15H19O4P/c1-8-5-6-10(19-20)7-11(8)12-13(16)9(2)18-15(3,4)14(12)17/h5-7,9,12H,20H2,1-4H3. The van der Waals surface area contributed by atoms with Crippen molar-refractivity contribution in [2.75, 3.05) is 0 Å². The van der Waals surface area contributed by atoms with Crippen molar-refractivity contribution in [1.29, 1.82) is 0 Å². The Kier molecular flexibility index (Phi) is 3.99. The molecule has 2 rings (SSSR count). The smallest absolute Gasteiger partial charge is 0.179 e. The minimum Gasteiger partial charge on any atom is -0.480 e. The minimum atomic E-state index is -0.956. The van der Waals surface area contributed by atoms with Crippen LogP contribution in [0.3, 0.4) is 0 Å². The third-order valence-corrected chi connectivity index (χ3v) is 3.98. The first kappa shape index (κ1) is 15.1. The highest BCUT2D eigenvalue weighted by Gasteiger charge is 2.47. The summed E-state index contributed by atoms with van der Waals surface area (Å²) in [7, 11) is 2.16. The topological polar surface area (TPSA) is 52.6 Å². The second-order valence-corrected chi connectivity index (χ2v) is 5.84. The molecule has 0 spiro atoms. The molecule has 0 saturated carbocycles. The fourth-order valence-corrected chi connectivity index (χ4v) is 2.71. The third-order valence-electron chi connectivity index (χ3n) is 3.71. The average molecular weight is 294 g/mol. The third kappa shape index (κ3) is 2.50. The minimum absolute atomic E-state index is 0.196. The van der Waals surface area contributed by atoms with E-state index >= 15 is 0 Å². The van der Waals surface area contributed by atoms with Gasteiger partial charge in [0.05, 0.1) is 9.47 Å². The molecule has 3 atom stereocenters. The zero-order valence-corrected chi connectivity index (χ0v) is 13.3. The lowest BCUT2D eigenvalue weighted by Gasteiger charge is -2.37. The molecular weight excluding hydrogens is 275 g/mol. The summed E-state index contributed by atoms with van der Waals surface area (Å²) in [5.41, 5.74) is 0.637. The largest absolute Gasteiger partial charge is 0.480 e. The molecule has 1 heterocycles. The molecule has 1 aromatic carbocycles. The first-order valence-corrected chi connectivity index (χ1v) is 6.98. The van der Waals surface area contributed by atoms with Crippen molar-refractivity contribution in [2.24, 2.45) is 0 Å². The Bertz CT molecular complexity index is 565. The molecule has 20 heavy (non-hydrogen) atoms. The van der Waals surface area contributed by atoms with Crippen LogP contribution in [0.15, 0.2) is 18.2 Å². The van der Waals surface area contributed by atoms with Crippen molar-refractivity contribution < 1.29 is 18.8 Å². The molecule has 1 aromatic rings. The summed E-state index contributed by atoms with van der Waals surface area (Å²) in [4.78, 5) is 24.9. The van der Waals surface area contributed by atoms with Gasteiger partial charge < -0.3 is 9.26 Å². The van der Waals surface area contributed by atoms with Crippen LogP contribution in [0.25, 0.3) is 0 Å². The molecule has 5 heteroatoms. The summed E-state index contributed by atoms with van der Waals surface area (Å²) in [6.45, 7) is 6.98. The van der Waals surface area contributed by atoms with E-state index in [2.05, 4.69) is 9.47 Å². The quantitative estimate of drug-likeness (QED) is 0.621. The van der Waals surface area contributed by atoms with E-state index in [1.165, 1.54) is 0 Å². The Morgan fingerprint density at radius 3 is 2.55 bits per heavy atom. The molecule has 1 fully saturated rings. The number of Topliss-reactive ketones (excluding diaryl/α,β-unsaturated/α-hetero) is 2. The van der Waals surface area contributed by atoms with Crippen molar-refractivity contribution >= 4 is 21.0 Å². The molecular formula is C15H19O4P. The van der Waals surface area contributed by atoms with Gasteiger partial charge in [-0.1, -0.05) is 6.07 Å². The zero-order valence-electron chi connectivity index (χ0n) is 12.1. The van der Waals surface area contributed by atoms with Crippen molar-refractivity contribution in [3.63, 3.8) is 0 Å². The molecule has 108 valence electrons. The summed E-state index contributed by atoms with van der Waals surface area (Å²) in [6, 6.07) is 5.40. The maximum absolute atomic E-state index is 12.6. The normalized spacial score (nSPS) is 25.6. The van der Waals surface area contributed by atoms with Crippen LogP contribution in [0.1, 0.15) is 37.8 Å². The molecule has 1 aliphatic heterocycles. The maximum Gasteiger partial charge on any atom is 0.179 e. The lowest BCUT2D eigenvalue weighted by molar-refractivity contribution is -0.168. The molecule has 0 amide bonds. The molecule has 1 saturated heterocycles. The highest BCUT2D eigenvalue weighted by molar-refractivity contribution is 7.10. The lowest BCUT2D eigenvalue weighted by Crippen LogP contribution is -2.52. The number of ether oxygens (including phenoxy) is 1. The fraction of sp³-hybridized carbons (Fsp3) is 0.467. The number of ketones is 2. The van der Waals surface area contributed by atoms with Crippen LogP contribution in [-0.2, 0) is 14.3 Å². The van der Waals surface area contributed by atoms with E-state index in [9.17, 15) is 9.59 Å². The van der Waals surface area contributed by atoms with Crippen LogP contribution >= 0.6 is 9.47 Å². The number of carbonyl (C=O) groups is 2. The summed E-state index contributed by atoms with van der Waals surface area (Å²) in [5.74, 6) is -0.579. The molecule has 0 aromatic heterocycles. The Balaban J connectivity index is 2.53. The van der Waals surface area contributed by atoms with Gasteiger partial charge in [0.15, 0.2) is 11.6 Å². The van der Waals surface area contributed by atoms with Crippen molar-refractivity contribution in [3.05, 3.63) is 29.3 Å². The summed E-state index contributed by atoms with van der Waals surface area (Å²) in [5, 5.41) is 0. The Labute approximate surface area is 121 Å². The molecule has 4 nitrogen and oxygen atoms in total. The van der Waals surface area contributed by atoms with E-state index in [0.717, 1.165) is 5.56 Å². The van der Waals surface area contributed by atoms with Crippen LogP contribution in [0.5, 0.6) is 5.75 Å². The molecule has 0 bridgehead atoms. The lowest BCUT2D eigenvalue weighted by atomic mass is 9.78. The van der Waals surface area contributed by atoms with Crippen molar-refractivity contribution in [2.45, 2.75) is 45.3 Å². The van der Waals surface area contributed by atoms with Crippen molar-refractivity contribution in [3.8, 4) is 5.75 Å². The number of rotatable bonds is 2. The summed E-state index contributed by atoms with van der Waals surface area (Å²) < 4.78 is 10.6. The van der Waals surface area contributed by atoms with Crippen molar-refractivity contribution in [1.82, 2.24) is 0 Å². The number of carbonyl (C=O) groups excluding carboxylic acids is 2. The maximum atomic E-state index is 12.6. The predicted octanol–water partition coefficient (Wildman–Crippen LogP) is 2.58. The van der Waals surface area contributed by atoms with Crippen LogP contribution in [0.4, 0.5) is 0 Å². The van der Waals surface area contributed by atoms with Crippen LogP contribution in [0, 0.1) is 6.92 Å². The number of aryl methyl sites for hydroxylation is 1. The van der Waals surface area contributed by atoms with Crippen LogP contribution in [0.2, 0.25) is 0 Å². The van der Waals surface area contributed by atoms with Gasteiger partial charge in [-0.25, -0.2) is 0 Å². The van der Waals surface area contributed by atoms with Gasteiger partial charge in [0.2, 0.25) is 0 Å². The summed E-state index contributed by atoms with van der Waals surface area (Å²) >= 11 is 0. The average Bonchev–Trinajstić information content (AvgIpc) is 2.38. The van der Waals surface area contributed by atoms with Gasteiger partial charge in [-0.05, 0) is 51.0 Å². The van der Waals surface area contributed by atoms with Gasteiger partial charge in [-0.3, -0.25) is 9.59 Å². The predicted molar refractivity (Wildman–Crippen MR) is 78.9 cm³/mol. The SMILES string of the molecule is Cc1ccc(OP)cc1C1C(=O)C(C)OC(C)(C)C1=O. The highest BCUT2D eigenvalue weighted by atomic mass is 31.0. The molecule has 0 radical (unpaired) electrons. The highest BCUT2D eigenvalue weighted by Crippen LogP contribution is 2.36. The van der Waals surface area contributed by atoms with E-state index in [-0.39, 0.29) is 11.6 Å². The zero-order chi connectivity index (χ0) is 15.1. The molecule has 0 aliphatic carbocycles. The summed E-state index contributed by atoms with van der Waals surface area (Å²) in [6.07, 6.45) is -0.590. The Morgan fingerprint density at radius 2 is 1.95 bits per heavy atom. The van der Waals surface area contributed by atoms with Gasteiger partial charge in [0.1, 0.15) is 23.4 Å². The Hall–Kier alpha value is -1.25. The van der Waals surface area contributed by atoms with Gasteiger partial charge >= 0.3 is 0 Å². The fourth-order valence-electron chi connectivity index (χ4n) is 2.57. The second-order valence-electron chi connectivity index (χ2n) is 5.61. The number of hydrogen-bond donors (Lipinski definition) is 0. The molecule has 3 unspecified atom stereocenters. The monoisotopic (exact) mass is 294 g/mol. The van der Waals surface area contributed by atoms with Gasteiger partial charge in [0.25, 0.3) is 0 Å². The van der Waals surface area contributed by atoms with Crippen LogP contribution in [-0.4, -0.2) is 23.3 Å². The van der Waals surface area contributed by atoms with Crippen LogP contribution < -0.4 is 4.52 Å². The molecule has 1 aliphatic rings. The Morgan fingerprint density at radius 1 is 1.30 bits per heavy atom.